The Morgan fingerprint density at radius 3 is 2.20 bits per heavy atom. The van der Waals surface area contributed by atoms with Gasteiger partial charge in [-0.05, 0) is 40.2 Å². The van der Waals surface area contributed by atoms with Crippen LogP contribution in [0.4, 0.5) is 0 Å². The van der Waals surface area contributed by atoms with Gasteiger partial charge in [0.15, 0.2) is 24.5 Å². The van der Waals surface area contributed by atoms with E-state index in [1.807, 2.05) is 6.07 Å². The van der Waals surface area contributed by atoms with E-state index >= 15 is 0 Å². The lowest BCUT2D eigenvalue weighted by Crippen LogP contribution is -2.60. The SMILES string of the molecule is CC(=O)OC[C@H]1O[C@@H](n2cc(C(O)c3ccc(Br)s3)c3c(Cl)cccc32)[C@H](OC(C)=O)[C@@H](OC(C)=O)[C@@H]1OC(C)=O. The lowest BCUT2D eigenvalue weighted by Gasteiger charge is -2.44. The van der Waals surface area contributed by atoms with Gasteiger partial charge in [0.1, 0.15) is 18.8 Å². The standard InChI is InChI=1S/C27H27BrClNO10S/c1-12(31)36-11-19-24(37-13(2)32)25(38-14(3)33)26(39-15(4)34)27(40-19)30-10-16(22-17(29)6-5-7-18(22)30)23(35)20-8-9-21(28)41-20/h5-10,19,23-27,35H,11H2,1-4H3/t19-,23?,24-,25+,26-,27-/m1/s1. The number of fused-ring (bicyclic) bond motifs is 1. The van der Waals surface area contributed by atoms with E-state index in [-0.39, 0.29) is 6.61 Å². The summed E-state index contributed by atoms with van der Waals surface area (Å²) in [6.45, 7) is 4.30. The normalized spacial score (nSPS) is 23.0. The van der Waals surface area contributed by atoms with Gasteiger partial charge in [0.2, 0.25) is 0 Å². The van der Waals surface area contributed by atoms with Crippen molar-refractivity contribution in [3.63, 3.8) is 0 Å². The minimum Gasteiger partial charge on any atom is -0.463 e. The molecule has 1 aromatic carbocycles. The second kappa shape index (κ2) is 12.9. The molecular formula is C27H27BrClNO10S. The lowest BCUT2D eigenvalue weighted by molar-refractivity contribution is -0.267. The highest BCUT2D eigenvalue weighted by molar-refractivity contribution is 9.11. The number of halogens is 2. The summed E-state index contributed by atoms with van der Waals surface area (Å²) < 4.78 is 30.6. The van der Waals surface area contributed by atoms with Gasteiger partial charge < -0.3 is 33.4 Å². The van der Waals surface area contributed by atoms with Crippen LogP contribution in [0.3, 0.4) is 0 Å². The first-order chi connectivity index (χ1) is 19.4. The lowest BCUT2D eigenvalue weighted by atomic mass is 9.97. The molecule has 41 heavy (non-hydrogen) atoms. The number of rotatable bonds is 8. The molecule has 0 amide bonds. The molecule has 2 aromatic heterocycles. The smallest absolute Gasteiger partial charge is 0.303 e. The molecule has 0 spiro atoms. The van der Waals surface area contributed by atoms with Crippen LogP contribution in [0.5, 0.6) is 0 Å². The van der Waals surface area contributed by atoms with E-state index in [2.05, 4.69) is 15.9 Å². The van der Waals surface area contributed by atoms with Crippen LogP contribution >= 0.6 is 38.9 Å². The molecular weight excluding hydrogens is 646 g/mol. The van der Waals surface area contributed by atoms with Gasteiger partial charge >= 0.3 is 23.9 Å². The number of carbonyl (C=O) groups is 4. The van der Waals surface area contributed by atoms with E-state index in [1.54, 1.807) is 35.0 Å². The fraction of sp³-hybridized carbons (Fsp3) is 0.407. The number of aliphatic hydroxyl groups is 1. The molecule has 14 heteroatoms. The van der Waals surface area contributed by atoms with Crippen LogP contribution in [0.15, 0.2) is 40.3 Å². The fourth-order valence-corrected chi connectivity index (χ4v) is 6.48. The number of thiophene rings is 1. The summed E-state index contributed by atoms with van der Waals surface area (Å²) in [5, 5.41) is 12.2. The second-order valence-corrected chi connectivity index (χ2v) is 12.2. The third-order valence-electron chi connectivity index (χ3n) is 6.24. The molecule has 0 aliphatic carbocycles. The van der Waals surface area contributed by atoms with Crippen molar-refractivity contribution in [3.8, 4) is 0 Å². The Morgan fingerprint density at radius 2 is 1.61 bits per heavy atom. The molecule has 3 heterocycles. The van der Waals surface area contributed by atoms with Crippen LogP contribution in [-0.4, -0.2) is 64.6 Å². The molecule has 1 fully saturated rings. The molecule has 1 aliphatic rings. The molecule has 1 N–H and O–H groups in total. The number of esters is 4. The summed E-state index contributed by atoms with van der Waals surface area (Å²) in [6, 6.07) is 8.68. The molecule has 0 bridgehead atoms. The molecule has 1 unspecified atom stereocenters. The highest BCUT2D eigenvalue weighted by Gasteiger charge is 2.53. The fourth-order valence-electron chi connectivity index (χ4n) is 4.77. The predicted octanol–water partition coefficient (Wildman–Crippen LogP) is 4.46. The molecule has 3 aromatic rings. The number of hydrogen-bond acceptors (Lipinski definition) is 11. The zero-order valence-corrected chi connectivity index (χ0v) is 25.5. The van der Waals surface area contributed by atoms with Gasteiger partial charge in [-0.1, -0.05) is 17.7 Å². The minimum absolute atomic E-state index is 0.344. The maximum absolute atomic E-state index is 12.3. The first-order valence-electron chi connectivity index (χ1n) is 12.4. The zero-order chi connectivity index (χ0) is 30.0. The largest absolute Gasteiger partial charge is 0.463 e. The monoisotopic (exact) mass is 671 g/mol. The molecule has 4 rings (SSSR count). The number of ether oxygens (including phenoxy) is 5. The Hall–Kier alpha value is -2.97. The number of aromatic nitrogens is 1. The first-order valence-corrected chi connectivity index (χ1v) is 14.4. The van der Waals surface area contributed by atoms with Gasteiger partial charge in [-0.3, -0.25) is 19.2 Å². The summed E-state index contributed by atoms with van der Waals surface area (Å²) in [7, 11) is 0. The Bertz CT molecular complexity index is 1470. The van der Waals surface area contributed by atoms with Crippen LogP contribution in [0.1, 0.15) is 50.5 Å². The van der Waals surface area contributed by atoms with Gasteiger partial charge in [0.05, 0.1) is 14.3 Å². The van der Waals surface area contributed by atoms with Crippen LogP contribution < -0.4 is 0 Å². The van der Waals surface area contributed by atoms with E-state index in [0.29, 0.717) is 26.4 Å². The van der Waals surface area contributed by atoms with Crippen molar-refractivity contribution >= 4 is 73.6 Å². The highest BCUT2D eigenvalue weighted by atomic mass is 79.9. The van der Waals surface area contributed by atoms with Crippen molar-refractivity contribution in [3.05, 3.63) is 55.8 Å². The number of aliphatic hydroxyl groups excluding tert-OH is 1. The number of hydrogen-bond donors (Lipinski definition) is 1. The Morgan fingerprint density at radius 1 is 0.976 bits per heavy atom. The summed E-state index contributed by atoms with van der Waals surface area (Å²) in [6.07, 6.45) is -5.79. The van der Waals surface area contributed by atoms with Crippen LogP contribution in [0.2, 0.25) is 5.02 Å². The van der Waals surface area contributed by atoms with E-state index < -0.39 is 60.6 Å². The number of carbonyl (C=O) groups excluding carboxylic acids is 4. The topological polar surface area (TPSA) is 140 Å². The third kappa shape index (κ3) is 6.92. The predicted molar refractivity (Wildman–Crippen MR) is 150 cm³/mol. The Balaban J connectivity index is 1.91. The summed E-state index contributed by atoms with van der Waals surface area (Å²) in [5.74, 6) is -2.81. The van der Waals surface area contributed by atoms with Crippen LogP contribution in [0, 0.1) is 0 Å². The number of nitrogens with zero attached hydrogens (tertiary/aromatic N) is 1. The summed E-state index contributed by atoms with van der Waals surface area (Å²) >= 11 is 11.4. The molecule has 1 aliphatic heterocycles. The van der Waals surface area contributed by atoms with E-state index in [0.717, 1.165) is 17.6 Å². The second-order valence-electron chi connectivity index (χ2n) is 9.26. The van der Waals surface area contributed by atoms with E-state index in [9.17, 15) is 24.3 Å². The van der Waals surface area contributed by atoms with Gasteiger partial charge in [0.25, 0.3) is 0 Å². The maximum Gasteiger partial charge on any atom is 0.303 e. The van der Waals surface area contributed by atoms with Crippen molar-refractivity contribution in [2.75, 3.05) is 6.61 Å². The molecule has 1 saturated heterocycles. The van der Waals surface area contributed by atoms with Crippen molar-refractivity contribution in [2.45, 2.75) is 64.4 Å². The van der Waals surface area contributed by atoms with E-state index in [4.69, 9.17) is 35.3 Å². The van der Waals surface area contributed by atoms with Gasteiger partial charge in [-0.25, -0.2) is 0 Å². The average molecular weight is 673 g/mol. The van der Waals surface area contributed by atoms with Crippen molar-refractivity contribution in [1.29, 1.82) is 0 Å². The Kier molecular flexibility index (Phi) is 9.75. The molecule has 220 valence electrons. The maximum atomic E-state index is 12.3. The summed E-state index contributed by atoms with van der Waals surface area (Å²) in [4.78, 5) is 48.9. The average Bonchev–Trinajstić information content (AvgIpc) is 3.49. The van der Waals surface area contributed by atoms with Crippen molar-refractivity contribution in [2.24, 2.45) is 0 Å². The van der Waals surface area contributed by atoms with E-state index in [1.165, 1.54) is 25.2 Å². The molecule has 0 saturated carbocycles. The van der Waals surface area contributed by atoms with Crippen LogP contribution in [0.25, 0.3) is 10.9 Å². The first kappa shape index (κ1) is 31.0. The molecule has 0 radical (unpaired) electrons. The molecule has 11 nitrogen and oxygen atoms in total. The molecule has 6 atom stereocenters. The minimum atomic E-state index is -1.35. The highest BCUT2D eigenvalue weighted by Crippen LogP contribution is 2.42. The quantitative estimate of drug-likeness (QED) is 0.270. The third-order valence-corrected chi connectivity index (χ3v) is 8.23. The zero-order valence-electron chi connectivity index (χ0n) is 22.4. The van der Waals surface area contributed by atoms with Crippen molar-refractivity contribution in [1.82, 2.24) is 4.57 Å². The van der Waals surface area contributed by atoms with Gasteiger partial charge in [0, 0.05) is 49.7 Å². The van der Waals surface area contributed by atoms with Crippen molar-refractivity contribution < 1.29 is 48.0 Å². The van der Waals surface area contributed by atoms with Gasteiger partial charge in [-0.2, -0.15) is 0 Å². The summed E-state index contributed by atoms with van der Waals surface area (Å²) in [5.41, 5.74) is 0.941. The van der Waals surface area contributed by atoms with Crippen LogP contribution in [-0.2, 0) is 42.9 Å². The Labute approximate surface area is 252 Å². The number of benzene rings is 1. The van der Waals surface area contributed by atoms with Gasteiger partial charge in [-0.15, -0.1) is 11.3 Å².